The van der Waals surface area contributed by atoms with E-state index < -0.39 is 5.41 Å². The second-order valence-electron chi connectivity index (χ2n) is 15.9. The minimum atomic E-state index is -0.826. The lowest BCUT2D eigenvalue weighted by atomic mass is 9.70. The topological polar surface area (TPSA) is 34.6 Å². The van der Waals surface area contributed by atoms with E-state index in [2.05, 4.69) is 206 Å². The van der Waals surface area contributed by atoms with E-state index in [0.29, 0.717) is 11.3 Å². The molecule has 10 rings (SSSR count). The quantitative estimate of drug-likeness (QED) is 0.158. The molecule has 8 aromatic rings. The molecule has 2 aliphatic rings. The van der Waals surface area contributed by atoms with Gasteiger partial charge < -0.3 is 9.80 Å². The van der Waals surface area contributed by atoms with Crippen molar-refractivity contribution in [1.82, 2.24) is 0 Å². The number of rotatable bonds is 6. The third kappa shape index (κ3) is 5.88. The van der Waals surface area contributed by atoms with Crippen LogP contribution in [0.3, 0.4) is 0 Å². The number of hydrogen-bond acceptors (Lipinski definition) is 3. The maximum absolute atomic E-state index is 10.4. The second kappa shape index (κ2) is 14.6. The zero-order valence-corrected chi connectivity index (χ0v) is 33.5. The van der Waals surface area contributed by atoms with Crippen molar-refractivity contribution in [3.05, 3.63) is 231 Å². The summed E-state index contributed by atoms with van der Waals surface area (Å²) in [4.78, 5) is 8.63. The first-order chi connectivity index (χ1) is 28.8. The monoisotopic (exact) mass is 772 g/mol. The van der Waals surface area contributed by atoms with Crippen LogP contribution in [0.25, 0.3) is 27.1 Å². The molecule has 4 nitrogen and oxygen atoms in total. The Hall–Kier alpha value is -7.66. The molecule has 288 valence electrons. The van der Waals surface area contributed by atoms with E-state index in [9.17, 15) is 5.26 Å². The van der Waals surface area contributed by atoms with Crippen LogP contribution in [0.2, 0.25) is 0 Å². The fourth-order valence-corrected chi connectivity index (χ4v) is 9.28. The molecule has 60 heavy (non-hydrogen) atoms. The van der Waals surface area contributed by atoms with Crippen LogP contribution in [-0.4, -0.2) is 0 Å². The Bertz CT molecular complexity index is 2730. The van der Waals surface area contributed by atoms with E-state index in [1.807, 2.05) is 12.1 Å². The van der Waals surface area contributed by atoms with Crippen molar-refractivity contribution >= 4 is 39.8 Å². The Morgan fingerprint density at radius 1 is 0.417 bits per heavy atom. The van der Waals surface area contributed by atoms with Crippen molar-refractivity contribution in [3.8, 4) is 28.3 Å². The maximum atomic E-state index is 10.4. The fourth-order valence-electron chi connectivity index (χ4n) is 9.28. The van der Waals surface area contributed by atoms with Crippen LogP contribution < -0.4 is 9.80 Å². The van der Waals surface area contributed by atoms with Crippen molar-refractivity contribution in [2.24, 2.45) is 0 Å². The molecule has 0 saturated heterocycles. The van der Waals surface area contributed by atoms with Gasteiger partial charge in [-0.15, -0.1) is 0 Å². The lowest BCUT2D eigenvalue weighted by Gasteiger charge is -2.33. The van der Waals surface area contributed by atoms with Crippen LogP contribution in [0, 0.1) is 45.6 Å². The van der Waals surface area contributed by atoms with Crippen LogP contribution in [0.15, 0.2) is 170 Å². The van der Waals surface area contributed by atoms with Gasteiger partial charge in [-0.2, -0.15) is 5.26 Å². The largest absolute Gasteiger partial charge is 0.310 e. The molecule has 0 aromatic heterocycles. The van der Waals surface area contributed by atoms with Gasteiger partial charge in [0.25, 0.3) is 0 Å². The predicted molar refractivity (Wildman–Crippen MR) is 249 cm³/mol. The first-order valence-electron chi connectivity index (χ1n) is 20.0. The SMILES string of the molecule is C.[C-]#[N+]c1ccc2c(c1)C1(c3cc(C#N)ccc3-2)c2cc(N(c3ccc(C)cc3)c3ccc(C)cc3)ccc2-c2ccc(N(c3ccc(C)cc3)c3ccc(C)cc3)cc21. The third-order valence-electron chi connectivity index (χ3n) is 12.2. The summed E-state index contributed by atoms with van der Waals surface area (Å²) in [6.45, 7) is 16.6. The van der Waals surface area contributed by atoms with Gasteiger partial charge in [0.1, 0.15) is 0 Å². The lowest BCUT2D eigenvalue weighted by Crippen LogP contribution is -2.26. The average Bonchev–Trinajstić information content (AvgIpc) is 3.72. The van der Waals surface area contributed by atoms with Gasteiger partial charge in [0.05, 0.1) is 23.6 Å². The van der Waals surface area contributed by atoms with E-state index in [1.54, 1.807) is 0 Å². The first kappa shape index (κ1) is 37.9. The van der Waals surface area contributed by atoms with Crippen molar-refractivity contribution in [2.75, 3.05) is 9.80 Å². The molecule has 8 aromatic carbocycles. The zero-order chi connectivity index (χ0) is 40.4. The van der Waals surface area contributed by atoms with Gasteiger partial charge in [0.15, 0.2) is 5.69 Å². The minimum Gasteiger partial charge on any atom is -0.310 e. The summed E-state index contributed by atoms with van der Waals surface area (Å²) >= 11 is 0. The summed E-state index contributed by atoms with van der Waals surface area (Å²) in [5.74, 6) is 0. The fraction of sp³-hybridized carbons (Fsp3) is 0.107. The molecule has 0 amide bonds. The van der Waals surface area contributed by atoms with E-state index in [4.69, 9.17) is 6.57 Å². The third-order valence-corrected chi connectivity index (χ3v) is 12.2. The summed E-state index contributed by atoms with van der Waals surface area (Å²) in [6.07, 6.45) is 0. The van der Waals surface area contributed by atoms with E-state index in [0.717, 1.165) is 78.6 Å². The summed E-state index contributed by atoms with van der Waals surface area (Å²) < 4.78 is 0. The molecule has 2 aliphatic carbocycles. The van der Waals surface area contributed by atoms with E-state index in [-0.39, 0.29) is 7.43 Å². The number of hydrogen-bond donors (Lipinski definition) is 0. The standard InChI is InChI=1S/C55H40N4.CH4/c1-35-6-16-41(17-7-35)58(42-18-8-36(2)9-19-42)45-24-28-49-50-29-25-46(59(43-20-10-37(3)11-21-43)44-22-12-38(4)13-23-44)33-54(50)55(53(49)32-45)51-30-39(34-56)14-26-47(51)48-27-15-40(57-5)31-52(48)55;/h6-33H,1-4H3;1H4. The molecule has 0 atom stereocenters. The van der Waals surface area contributed by atoms with Gasteiger partial charge in [0, 0.05) is 34.1 Å². The normalized spacial score (nSPS) is 12.3. The zero-order valence-electron chi connectivity index (χ0n) is 33.5. The number of nitrogens with zero attached hydrogens (tertiary/aromatic N) is 4. The molecule has 0 fully saturated rings. The number of benzene rings is 8. The van der Waals surface area contributed by atoms with Crippen LogP contribution in [0.5, 0.6) is 0 Å². The molecule has 0 bridgehead atoms. The summed E-state index contributed by atoms with van der Waals surface area (Å²) in [5, 5.41) is 10.4. The maximum Gasteiger partial charge on any atom is 0.187 e. The van der Waals surface area contributed by atoms with Crippen molar-refractivity contribution in [3.63, 3.8) is 0 Å². The van der Waals surface area contributed by atoms with Gasteiger partial charge in [0.2, 0.25) is 0 Å². The smallest absolute Gasteiger partial charge is 0.187 e. The Morgan fingerprint density at radius 3 is 1.10 bits per heavy atom. The predicted octanol–water partition coefficient (Wildman–Crippen LogP) is 15.3. The summed E-state index contributed by atoms with van der Waals surface area (Å²) in [7, 11) is 0. The van der Waals surface area contributed by atoms with E-state index >= 15 is 0 Å². The summed E-state index contributed by atoms with van der Waals surface area (Å²) in [6, 6.07) is 63.2. The van der Waals surface area contributed by atoms with Crippen molar-refractivity contribution in [2.45, 2.75) is 40.5 Å². The number of fused-ring (bicyclic) bond motifs is 10. The molecular formula is C56H44N4. The number of anilines is 6. The van der Waals surface area contributed by atoms with Crippen molar-refractivity contribution in [1.29, 1.82) is 5.26 Å². The Morgan fingerprint density at radius 2 is 0.733 bits per heavy atom. The second-order valence-corrected chi connectivity index (χ2v) is 15.9. The van der Waals surface area contributed by atoms with Crippen LogP contribution in [0.1, 0.15) is 57.5 Å². The molecule has 0 heterocycles. The van der Waals surface area contributed by atoms with Crippen molar-refractivity contribution < 1.29 is 0 Å². The highest BCUT2D eigenvalue weighted by atomic mass is 15.1. The number of aryl methyl sites for hydroxylation is 4. The Labute approximate surface area is 353 Å². The van der Waals surface area contributed by atoms with Gasteiger partial charge in [-0.3, -0.25) is 0 Å². The van der Waals surface area contributed by atoms with Gasteiger partial charge in [-0.25, -0.2) is 4.85 Å². The average molecular weight is 773 g/mol. The van der Waals surface area contributed by atoms with Gasteiger partial charge in [-0.05, 0) is 157 Å². The highest BCUT2D eigenvalue weighted by molar-refractivity contribution is 5.98. The molecule has 0 aliphatic heterocycles. The molecule has 0 unspecified atom stereocenters. The lowest BCUT2D eigenvalue weighted by molar-refractivity contribution is 0.793. The molecule has 4 heteroatoms. The minimum absolute atomic E-state index is 0. The molecule has 0 radical (unpaired) electrons. The Kier molecular flexibility index (Phi) is 9.23. The van der Waals surface area contributed by atoms with Gasteiger partial charge in [-0.1, -0.05) is 115 Å². The first-order valence-corrected chi connectivity index (χ1v) is 20.0. The van der Waals surface area contributed by atoms with E-state index in [1.165, 1.54) is 22.3 Å². The summed E-state index contributed by atoms with van der Waals surface area (Å²) in [5.41, 5.74) is 20.2. The van der Waals surface area contributed by atoms with Crippen LogP contribution in [0.4, 0.5) is 39.8 Å². The van der Waals surface area contributed by atoms with Crippen LogP contribution in [-0.2, 0) is 5.41 Å². The molecule has 1 spiro atoms. The molecule has 0 saturated carbocycles. The van der Waals surface area contributed by atoms with Gasteiger partial charge >= 0.3 is 0 Å². The number of nitriles is 1. The molecule has 0 N–H and O–H groups in total. The molecular weight excluding hydrogens is 729 g/mol. The highest BCUT2D eigenvalue weighted by Crippen LogP contribution is 2.64. The Balaban J connectivity index is 0.00000462. The van der Waals surface area contributed by atoms with Crippen LogP contribution >= 0.6 is 0 Å². The highest BCUT2D eigenvalue weighted by Gasteiger charge is 2.52.